The number of rotatable bonds is 8. The first kappa shape index (κ1) is 26.2. The van der Waals surface area contributed by atoms with E-state index in [4.69, 9.17) is 4.42 Å². The zero-order valence-corrected chi connectivity index (χ0v) is 23.3. The number of hydrogen-bond donors (Lipinski definition) is 1. The Morgan fingerprint density at radius 2 is 1.74 bits per heavy atom. The predicted octanol–water partition coefficient (Wildman–Crippen LogP) is 4.63. The van der Waals surface area contributed by atoms with Crippen molar-refractivity contribution in [2.24, 2.45) is 0 Å². The highest BCUT2D eigenvalue weighted by Gasteiger charge is 2.19. The number of aryl methyl sites for hydroxylation is 1. The van der Waals surface area contributed by atoms with Crippen molar-refractivity contribution in [3.63, 3.8) is 0 Å². The minimum atomic E-state index is -3.25. The summed E-state index contributed by atoms with van der Waals surface area (Å²) in [5, 5.41) is 3.32. The van der Waals surface area contributed by atoms with Gasteiger partial charge in [0.1, 0.15) is 5.52 Å². The number of fused-ring (bicyclic) bond motifs is 1. The van der Waals surface area contributed by atoms with Crippen LogP contribution in [0.4, 0.5) is 17.4 Å². The molecule has 3 aromatic carbocycles. The minimum Gasteiger partial charge on any atom is -0.423 e. The average molecular weight is 534 g/mol. The second kappa shape index (κ2) is 10.8. The van der Waals surface area contributed by atoms with Gasteiger partial charge in [-0.1, -0.05) is 24.3 Å². The summed E-state index contributed by atoms with van der Waals surface area (Å²) in [6.07, 6.45) is 1.21. The van der Waals surface area contributed by atoms with Gasteiger partial charge >= 0.3 is 0 Å². The van der Waals surface area contributed by atoms with Gasteiger partial charge in [0.25, 0.3) is 6.01 Å². The van der Waals surface area contributed by atoms with Gasteiger partial charge in [-0.25, -0.2) is 8.42 Å². The minimum absolute atomic E-state index is 0.290. The fourth-order valence-electron chi connectivity index (χ4n) is 4.88. The Morgan fingerprint density at radius 3 is 2.39 bits per heavy atom. The topological polar surface area (TPSA) is 81.9 Å². The molecular weight excluding hydrogens is 498 g/mol. The Bertz CT molecular complexity index is 1520. The Balaban J connectivity index is 1.30. The summed E-state index contributed by atoms with van der Waals surface area (Å²) in [6.45, 7) is 8.56. The van der Waals surface area contributed by atoms with Gasteiger partial charge in [0.05, 0.1) is 4.90 Å². The number of para-hydroxylation sites is 1. The number of anilines is 3. The van der Waals surface area contributed by atoms with E-state index in [1.807, 2.05) is 18.2 Å². The summed E-state index contributed by atoms with van der Waals surface area (Å²) in [4.78, 5) is 12.2. The third kappa shape index (κ3) is 5.85. The van der Waals surface area contributed by atoms with Gasteiger partial charge in [-0.3, -0.25) is 4.90 Å². The first-order valence-electron chi connectivity index (χ1n) is 12.9. The molecule has 0 radical (unpaired) electrons. The Kier molecular flexibility index (Phi) is 7.43. The highest BCUT2D eigenvalue weighted by atomic mass is 32.2. The first-order chi connectivity index (χ1) is 18.2. The van der Waals surface area contributed by atoms with Crippen molar-refractivity contribution in [1.82, 2.24) is 14.8 Å². The molecule has 0 spiro atoms. The summed E-state index contributed by atoms with van der Waals surface area (Å²) in [7, 11) is 0.993. The van der Waals surface area contributed by atoms with Crippen molar-refractivity contribution in [2.45, 2.75) is 11.8 Å². The average Bonchev–Trinajstić information content (AvgIpc) is 3.30. The maximum absolute atomic E-state index is 11.8. The van der Waals surface area contributed by atoms with Crippen molar-refractivity contribution in [3.8, 4) is 11.1 Å². The van der Waals surface area contributed by atoms with Crippen LogP contribution in [0.1, 0.15) is 5.56 Å². The Labute approximate surface area is 224 Å². The molecule has 1 aromatic heterocycles. The summed E-state index contributed by atoms with van der Waals surface area (Å²) < 4.78 is 29.8. The van der Waals surface area contributed by atoms with E-state index >= 15 is 0 Å². The van der Waals surface area contributed by atoms with Crippen LogP contribution in [-0.4, -0.2) is 82.8 Å². The van der Waals surface area contributed by atoms with Crippen LogP contribution in [0.15, 0.2) is 70.0 Å². The van der Waals surface area contributed by atoms with Gasteiger partial charge in [0.15, 0.2) is 15.4 Å². The highest BCUT2D eigenvalue weighted by Crippen LogP contribution is 2.33. The lowest BCUT2D eigenvalue weighted by Gasteiger charge is -2.37. The molecule has 4 aromatic rings. The molecule has 1 fully saturated rings. The van der Waals surface area contributed by atoms with Crippen LogP contribution in [0.3, 0.4) is 0 Å². The van der Waals surface area contributed by atoms with E-state index in [9.17, 15) is 8.42 Å². The van der Waals surface area contributed by atoms with Crippen LogP contribution in [0, 0.1) is 6.92 Å². The van der Waals surface area contributed by atoms with Gasteiger partial charge in [0.2, 0.25) is 0 Å². The molecule has 8 nitrogen and oxygen atoms in total. The number of nitrogens with one attached hydrogen (secondary N) is 1. The van der Waals surface area contributed by atoms with E-state index in [-0.39, 0.29) is 0 Å². The number of likely N-dealkylation sites (N-methyl/N-ethyl adjacent to an activating group) is 1. The number of benzene rings is 3. The lowest BCUT2D eigenvalue weighted by atomic mass is 10.1. The molecule has 5 rings (SSSR count). The molecular formula is C29H35N5O3S. The van der Waals surface area contributed by atoms with Crippen molar-refractivity contribution in [1.29, 1.82) is 0 Å². The Morgan fingerprint density at radius 1 is 1.00 bits per heavy atom. The molecule has 0 aliphatic carbocycles. The number of oxazole rings is 1. The van der Waals surface area contributed by atoms with Gasteiger partial charge in [0, 0.05) is 62.5 Å². The molecule has 0 bridgehead atoms. The molecule has 1 N–H and O–H groups in total. The zero-order valence-electron chi connectivity index (χ0n) is 22.4. The monoisotopic (exact) mass is 533 g/mol. The summed E-state index contributed by atoms with van der Waals surface area (Å²) >= 11 is 0. The number of hydrogen-bond acceptors (Lipinski definition) is 8. The van der Waals surface area contributed by atoms with Crippen LogP contribution in [0.5, 0.6) is 0 Å². The van der Waals surface area contributed by atoms with Crippen LogP contribution in [0.25, 0.3) is 22.2 Å². The van der Waals surface area contributed by atoms with Crippen LogP contribution >= 0.6 is 0 Å². The smallest absolute Gasteiger partial charge is 0.300 e. The molecule has 200 valence electrons. The van der Waals surface area contributed by atoms with Gasteiger partial charge in [-0.15, -0.1) is 0 Å². The van der Waals surface area contributed by atoms with Crippen LogP contribution in [-0.2, 0) is 9.84 Å². The Hall–Kier alpha value is -3.40. The largest absolute Gasteiger partial charge is 0.423 e. The molecule has 0 amide bonds. The van der Waals surface area contributed by atoms with Gasteiger partial charge in [-0.2, -0.15) is 4.98 Å². The maximum atomic E-state index is 11.8. The number of aromatic nitrogens is 1. The quantitative estimate of drug-likeness (QED) is 0.351. The SMILES string of the molecule is Cc1cc(Nc2nc3cccc(-c4ccc(S(C)(=O)=O)cc4)c3o2)ccc1N1CCN(CCN(C)C)CC1. The highest BCUT2D eigenvalue weighted by molar-refractivity contribution is 7.90. The fraction of sp³-hybridized carbons (Fsp3) is 0.345. The third-order valence-corrected chi connectivity index (χ3v) is 8.16. The van der Waals surface area contributed by atoms with E-state index in [0.29, 0.717) is 16.5 Å². The summed E-state index contributed by atoms with van der Waals surface area (Å²) in [5.41, 5.74) is 6.51. The molecule has 1 aliphatic heterocycles. The second-order valence-corrected chi connectivity index (χ2v) is 12.2. The second-order valence-electron chi connectivity index (χ2n) is 10.2. The van der Waals surface area contributed by atoms with E-state index in [2.05, 4.69) is 64.2 Å². The van der Waals surface area contributed by atoms with Gasteiger partial charge < -0.3 is 19.5 Å². The third-order valence-electron chi connectivity index (χ3n) is 7.03. The van der Waals surface area contributed by atoms with Crippen LogP contribution < -0.4 is 10.2 Å². The van der Waals surface area contributed by atoms with Crippen molar-refractivity contribution >= 4 is 38.3 Å². The molecule has 9 heteroatoms. The van der Waals surface area contributed by atoms with Crippen molar-refractivity contribution < 1.29 is 12.8 Å². The van der Waals surface area contributed by atoms with E-state index < -0.39 is 9.84 Å². The van der Waals surface area contributed by atoms with Gasteiger partial charge in [-0.05, 0) is 68.5 Å². The summed E-state index contributed by atoms with van der Waals surface area (Å²) in [5.74, 6) is 0. The standard InChI is InChI=1S/C29H35N5O3S/c1-21-20-23(10-13-27(21)34-18-16-33(17-19-34)15-14-32(2)3)30-29-31-26-7-5-6-25(28(26)37-29)22-8-11-24(12-9-22)38(4,35)36/h5-13,20H,14-19H2,1-4H3,(H,30,31). The first-order valence-corrected chi connectivity index (χ1v) is 14.8. The fourth-order valence-corrected chi connectivity index (χ4v) is 5.51. The van der Waals surface area contributed by atoms with Crippen molar-refractivity contribution in [2.75, 3.05) is 69.8 Å². The number of nitrogens with zero attached hydrogens (tertiary/aromatic N) is 4. The maximum Gasteiger partial charge on any atom is 0.300 e. The molecule has 0 unspecified atom stereocenters. The van der Waals surface area contributed by atoms with Crippen molar-refractivity contribution in [3.05, 3.63) is 66.2 Å². The molecule has 0 saturated carbocycles. The summed E-state index contributed by atoms with van der Waals surface area (Å²) in [6, 6.07) is 19.4. The molecule has 1 saturated heterocycles. The zero-order chi connectivity index (χ0) is 26.9. The lowest BCUT2D eigenvalue weighted by Crippen LogP contribution is -2.48. The molecule has 0 atom stereocenters. The van der Waals surface area contributed by atoms with E-state index in [0.717, 1.165) is 61.6 Å². The number of piperazine rings is 1. The van der Waals surface area contributed by atoms with Crippen LogP contribution in [0.2, 0.25) is 0 Å². The predicted molar refractivity (Wildman–Crippen MR) is 154 cm³/mol. The molecule has 1 aliphatic rings. The number of sulfone groups is 1. The molecule has 2 heterocycles. The van der Waals surface area contributed by atoms with E-state index in [1.165, 1.54) is 17.5 Å². The lowest BCUT2D eigenvalue weighted by molar-refractivity contribution is 0.229. The van der Waals surface area contributed by atoms with E-state index in [1.54, 1.807) is 24.3 Å². The molecule has 38 heavy (non-hydrogen) atoms. The normalized spacial score (nSPS) is 14.9.